The molecule has 3 rings (SSSR count). The summed E-state index contributed by atoms with van der Waals surface area (Å²) in [5, 5.41) is 5.22. The molecule has 2 aliphatic heterocycles. The minimum absolute atomic E-state index is 0.128. The predicted molar refractivity (Wildman–Crippen MR) is 80.8 cm³/mol. The van der Waals surface area contributed by atoms with Crippen LogP contribution in [0, 0.1) is 11.8 Å². The Hall–Kier alpha value is -1.10. The zero-order chi connectivity index (χ0) is 14.9. The van der Waals surface area contributed by atoms with Gasteiger partial charge in [-0.15, -0.1) is 0 Å². The van der Waals surface area contributed by atoms with Gasteiger partial charge in [-0.25, -0.2) is 4.79 Å². The molecule has 0 unspecified atom stereocenters. The Balaban J connectivity index is 1.54. The van der Waals surface area contributed by atoms with E-state index in [0.29, 0.717) is 0 Å². The molecule has 0 aromatic carbocycles. The van der Waals surface area contributed by atoms with E-state index in [2.05, 4.69) is 22.5 Å². The maximum absolute atomic E-state index is 11.9. The first kappa shape index (κ1) is 14.8. The van der Waals surface area contributed by atoms with E-state index in [9.17, 15) is 9.59 Å². The lowest BCUT2D eigenvalue weighted by molar-refractivity contribution is -0.125. The SMILES string of the molecule is CC[C@H]1CCCC[C@@H]1CN1CCC2(CC1)NC(=O)NC2=O. The number of rotatable bonds is 3. The number of piperidine rings is 1. The summed E-state index contributed by atoms with van der Waals surface area (Å²) in [4.78, 5) is 25.8. The van der Waals surface area contributed by atoms with Crippen LogP contribution in [0.15, 0.2) is 0 Å². The van der Waals surface area contributed by atoms with E-state index in [1.807, 2.05) is 0 Å². The first-order valence-electron chi connectivity index (χ1n) is 8.49. The van der Waals surface area contributed by atoms with E-state index < -0.39 is 5.54 Å². The normalized spacial score (nSPS) is 33.0. The highest BCUT2D eigenvalue weighted by atomic mass is 16.2. The number of urea groups is 1. The molecule has 3 aliphatic rings. The molecular formula is C16H27N3O2. The highest BCUT2D eigenvalue weighted by Gasteiger charge is 2.47. The van der Waals surface area contributed by atoms with Crippen molar-refractivity contribution >= 4 is 11.9 Å². The lowest BCUT2D eigenvalue weighted by Gasteiger charge is -2.40. The van der Waals surface area contributed by atoms with Gasteiger partial charge in [0.15, 0.2) is 0 Å². The van der Waals surface area contributed by atoms with Crippen molar-refractivity contribution in [1.29, 1.82) is 0 Å². The number of nitrogens with zero attached hydrogens (tertiary/aromatic N) is 1. The highest BCUT2D eigenvalue weighted by Crippen LogP contribution is 2.34. The monoisotopic (exact) mass is 293 g/mol. The maximum Gasteiger partial charge on any atom is 0.322 e. The molecule has 1 aliphatic carbocycles. The number of hydrogen-bond acceptors (Lipinski definition) is 3. The fourth-order valence-electron chi connectivity index (χ4n) is 4.39. The van der Waals surface area contributed by atoms with Crippen LogP contribution in [-0.2, 0) is 4.79 Å². The molecule has 3 amide bonds. The number of amides is 3. The van der Waals surface area contributed by atoms with Gasteiger partial charge in [-0.1, -0.05) is 32.6 Å². The Morgan fingerprint density at radius 2 is 1.81 bits per heavy atom. The van der Waals surface area contributed by atoms with Gasteiger partial charge in [-0.2, -0.15) is 0 Å². The van der Waals surface area contributed by atoms with E-state index in [0.717, 1.165) is 37.8 Å². The Morgan fingerprint density at radius 1 is 1.14 bits per heavy atom. The quantitative estimate of drug-likeness (QED) is 0.781. The Kier molecular flexibility index (Phi) is 4.20. The van der Waals surface area contributed by atoms with Crippen LogP contribution in [0.1, 0.15) is 51.9 Å². The van der Waals surface area contributed by atoms with Gasteiger partial charge in [0.2, 0.25) is 0 Å². The third kappa shape index (κ3) is 2.93. The van der Waals surface area contributed by atoms with Crippen LogP contribution in [0.25, 0.3) is 0 Å². The third-order valence-electron chi connectivity index (χ3n) is 5.81. The molecule has 21 heavy (non-hydrogen) atoms. The topological polar surface area (TPSA) is 61.4 Å². The summed E-state index contributed by atoms with van der Waals surface area (Å²) < 4.78 is 0. The van der Waals surface area contributed by atoms with E-state index >= 15 is 0 Å². The van der Waals surface area contributed by atoms with Gasteiger partial charge < -0.3 is 10.2 Å². The summed E-state index contributed by atoms with van der Waals surface area (Å²) in [6, 6.07) is -0.327. The molecule has 0 radical (unpaired) electrons. The van der Waals surface area contributed by atoms with E-state index in [4.69, 9.17) is 0 Å². The molecule has 3 fully saturated rings. The first-order valence-corrected chi connectivity index (χ1v) is 8.49. The molecule has 0 bridgehead atoms. The molecule has 0 aromatic heterocycles. The Bertz CT molecular complexity index is 416. The zero-order valence-electron chi connectivity index (χ0n) is 13.0. The predicted octanol–water partition coefficient (Wildman–Crippen LogP) is 1.88. The summed E-state index contributed by atoms with van der Waals surface area (Å²) in [5.41, 5.74) is -0.621. The van der Waals surface area contributed by atoms with Gasteiger partial charge >= 0.3 is 6.03 Å². The zero-order valence-corrected chi connectivity index (χ0v) is 13.0. The molecule has 5 nitrogen and oxygen atoms in total. The largest absolute Gasteiger partial charge is 0.323 e. The third-order valence-corrected chi connectivity index (χ3v) is 5.81. The second kappa shape index (κ2) is 5.95. The lowest BCUT2D eigenvalue weighted by Crippen LogP contribution is -2.55. The maximum atomic E-state index is 11.9. The summed E-state index contributed by atoms with van der Waals surface area (Å²) >= 11 is 0. The molecule has 2 saturated heterocycles. The standard InChI is InChI=1S/C16H27N3O2/c1-2-12-5-3-4-6-13(12)11-19-9-7-16(8-10-19)14(20)17-15(21)18-16/h12-13H,2-11H2,1H3,(H2,17,18,20,21)/t12-,13+/m0/s1. The van der Waals surface area contributed by atoms with Gasteiger partial charge in [0.05, 0.1) is 0 Å². The lowest BCUT2D eigenvalue weighted by atomic mass is 9.77. The molecule has 1 saturated carbocycles. The van der Waals surface area contributed by atoms with Gasteiger partial charge in [-0.05, 0) is 31.1 Å². The number of likely N-dealkylation sites (tertiary alicyclic amines) is 1. The van der Waals surface area contributed by atoms with Gasteiger partial charge in [-0.3, -0.25) is 10.1 Å². The van der Waals surface area contributed by atoms with Gasteiger partial charge in [0.1, 0.15) is 5.54 Å². The number of nitrogens with one attached hydrogen (secondary N) is 2. The molecular weight excluding hydrogens is 266 g/mol. The van der Waals surface area contributed by atoms with Crippen molar-refractivity contribution in [3.63, 3.8) is 0 Å². The van der Waals surface area contributed by atoms with Crippen LogP contribution < -0.4 is 10.6 Å². The summed E-state index contributed by atoms with van der Waals surface area (Å²) in [7, 11) is 0. The minimum atomic E-state index is -0.621. The van der Waals surface area contributed by atoms with Crippen molar-refractivity contribution in [3.05, 3.63) is 0 Å². The van der Waals surface area contributed by atoms with Crippen LogP contribution in [0.4, 0.5) is 4.79 Å². The van der Waals surface area contributed by atoms with Crippen molar-refractivity contribution < 1.29 is 9.59 Å². The fourth-order valence-corrected chi connectivity index (χ4v) is 4.39. The average molecular weight is 293 g/mol. The number of carbonyl (C=O) groups excluding carboxylic acids is 2. The second-order valence-electron chi connectivity index (χ2n) is 7.00. The highest BCUT2D eigenvalue weighted by molar-refractivity contribution is 6.07. The molecule has 2 atom stereocenters. The first-order chi connectivity index (χ1) is 10.1. The van der Waals surface area contributed by atoms with E-state index in [-0.39, 0.29) is 11.9 Å². The van der Waals surface area contributed by atoms with Crippen LogP contribution in [-0.4, -0.2) is 42.0 Å². The van der Waals surface area contributed by atoms with Gasteiger partial charge in [0, 0.05) is 19.6 Å². The van der Waals surface area contributed by atoms with E-state index in [1.165, 1.54) is 38.6 Å². The van der Waals surface area contributed by atoms with Crippen LogP contribution in [0.5, 0.6) is 0 Å². The van der Waals surface area contributed by atoms with Crippen LogP contribution >= 0.6 is 0 Å². The summed E-state index contributed by atoms with van der Waals surface area (Å²) in [5.74, 6) is 1.57. The average Bonchev–Trinajstić information content (AvgIpc) is 2.76. The Morgan fingerprint density at radius 3 is 2.38 bits per heavy atom. The van der Waals surface area contributed by atoms with Gasteiger partial charge in [0.25, 0.3) is 5.91 Å². The molecule has 2 N–H and O–H groups in total. The molecule has 5 heteroatoms. The number of carbonyl (C=O) groups is 2. The van der Waals surface area contributed by atoms with E-state index in [1.54, 1.807) is 0 Å². The number of imide groups is 1. The van der Waals surface area contributed by atoms with Crippen molar-refractivity contribution in [2.24, 2.45) is 11.8 Å². The smallest absolute Gasteiger partial charge is 0.322 e. The minimum Gasteiger partial charge on any atom is -0.323 e. The van der Waals surface area contributed by atoms with Crippen molar-refractivity contribution in [3.8, 4) is 0 Å². The van der Waals surface area contributed by atoms with Crippen molar-refractivity contribution in [1.82, 2.24) is 15.5 Å². The summed E-state index contributed by atoms with van der Waals surface area (Å²) in [6.07, 6.45) is 8.29. The van der Waals surface area contributed by atoms with Crippen molar-refractivity contribution in [2.45, 2.75) is 57.4 Å². The molecule has 1 spiro atoms. The molecule has 2 heterocycles. The Labute approximate surface area is 126 Å². The fraction of sp³-hybridized carbons (Fsp3) is 0.875. The van der Waals surface area contributed by atoms with Crippen LogP contribution in [0.2, 0.25) is 0 Å². The summed E-state index contributed by atoms with van der Waals surface area (Å²) in [6.45, 7) is 5.32. The van der Waals surface area contributed by atoms with Crippen molar-refractivity contribution in [2.75, 3.05) is 19.6 Å². The van der Waals surface area contributed by atoms with Crippen LogP contribution in [0.3, 0.4) is 0 Å². The molecule has 0 aromatic rings. The number of hydrogen-bond donors (Lipinski definition) is 2. The second-order valence-corrected chi connectivity index (χ2v) is 7.00. The molecule has 118 valence electrons.